The predicted molar refractivity (Wildman–Crippen MR) is 240 cm³/mol. The van der Waals surface area contributed by atoms with Crippen LogP contribution in [0, 0.1) is 0 Å². The van der Waals surface area contributed by atoms with Crippen molar-refractivity contribution in [1.29, 1.82) is 0 Å². The zero-order valence-corrected chi connectivity index (χ0v) is 32.2. The zero-order valence-electron chi connectivity index (χ0n) is 31.4. The van der Waals surface area contributed by atoms with Crippen LogP contribution in [0.15, 0.2) is 200 Å². The lowest BCUT2D eigenvalue weighted by atomic mass is 9.74. The Morgan fingerprint density at radius 1 is 0.368 bits per heavy atom. The number of aromatic nitrogens is 2. The summed E-state index contributed by atoms with van der Waals surface area (Å²) in [6, 6.07) is 72.3. The van der Waals surface area contributed by atoms with Gasteiger partial charge in [-0.15, -0.1) is 11.3 Å². The van der Waals surface area contributed by atoms with Crippen molar-refractivity contribution in [2.24, 2.45) is 0 Å². The molecular weight excluding hydrogens is 709 g/mol. The molecule has 0 fully saturated rings. The topological polar surface area (TPSA) is 25.8 Å². The van der Waals surface area contributed by atoms with Crippen LogP contribution in [0.25, 0.3) is 87.5 Å². The molecule has 0 aliphatic heterocycles. The maximum Gasteiger partial charge on any atom is 0.160 e. The third-order valence-corrected chi connectivity index (χ3v) is 13.0. The molecule has 0 amide bonds. The zero-order chi connectivity index (χ0) is 37.9. The van der Waals surface area contributed by atoms with Crippen LogP contribution in [-0.4, -0.2) is 9.97 Å². The van der Waals surface area contributed by atoms with Crippen molar-refractivity contribution >= 4 is 31.5 Å². The fraction of sp³-hybridized carbons (Fsp3) is 0.0370. The molecular formula is C54H36N2S. The number of fused-ring (bicyclic) bond motifs is 6. The maximum absolute atomic E-state index is 5.22. The van der Waals surface area contributed by atoms with Gasteiger partial charge < -0.3 is 0 Å². The Balaban J connectivity index is 0.977. The SMILES string of the molecule is CC1(c2ccccc2)c2ccccc2-c2ccc(-c3cc(-c4ccc(-c5cccc(-c6ccc7sc8ccccc8c7c6)c5)cc4)nc(-c4ccccc4)n3)cc21. The lowest BCUT2D eigenvalue weighted by Gasteiger charge is -2.28. The van der Waals surface area contributed by atoms with Crippen molar-refractivity contribution in [2.75, 3.05) is 0 Å². The normalized spacial score (nSPS) is 14.5. The number of thiophene rings is 1. The molecule has 3 heteroatoms. The molecule has 57 heavy (non-hydrogen) atoms. The van der Waals surface area contributed by atoms with Crippen molar-refractivity contribution in [3.63, 3.8) is 0 Å². The number of benzene rings is 8. The molecule has 2 heterocycles. The second kappa shape index (κ2) is 13.4. The van der Waals surface area contributed by atoms with Crippen LogP contribution in [0.3, 0.4) is 0 Å². The minimum atomic E-state index is -0.292. The molecule has 8 aromatic carbocycles. The molecule has 2 nitrogen and oxygen atoms in total. The number of hydrogen-bond donors (Lipinski definition) is 0. The van der Waals surface area contributed by atoms with Crippen LogP contribution < -0.4 is 0 Å². The summed E-state index contributed by atoms with van der Waals surface area (Å²) in [6.45, 7) is 2.36. The summed E-state index contributed by atoms with van der Waals surface area (Å²) in [5.74, 6) is 0.713. The van der Waals surface area contributed by atoms with Gasteiger partial charge in [-0.25, -0.2) is 9.97 Å². The lowest BCUT2D eigenvalue weighted by molar-refractivity contribution is 0.714. The van der Waals surface area contributed by atoms with E-state index in [2.05, 4.69) is 189 Å². The molecule has 0 saturated heterocycles. The molecule has 0 radical (unpaired) electrons. The highest BCUT2D eigenvalue weighted by molar-refractivity contribution is 7.25. The van der Waals surface area contributed by atoms with Crippen LogP contribution in [0.2, 0.25) is 0 Å². The van der Waals surface area contributed by atoms with Crippen molar-refractivity contribution in [3.05, 3.63) is 217 Å². The van der Waals surface area contributed by atoms with Gasteiger partial charge in [-0.3, -0.25) is 0 Å². The second-order valence-corrected chi connectivity index (χ2v) is 16.2. The van der Waals surface area contributed by atoms with Crippen LogP contribution in [-0.2, 0) is 5.41 Å². The molecule has 2 aromatic heterocycles. The summed E-state index contributed by atoms with van der Waals surface area (Å²) in [5, 5.41) is 2.64. The number of rotatable bonds is 6. The Hall–Kier alpha value is -6.94. The van der Waals surface area contributed by atoms with E-state index in [4.69, 9.17) is 9.97 Å². The van der Waals surface area contributed by atoms with Gasteiger partial charge in [0.1, 0.15) is 0 Å². The first-order chi connectivity index (χ1) is 28.1. The smallest absolute Gasteiger partial charge is 0.160 e. The van der Waals surface area contributed by atoms with Gasteiger partial charge >= 0.3 is 0 Å². The van der Waals surface area contributed by atoms with Gasteiger partial charge in [0.05, 0.1) is 11.4 Å². The van der Waals surface area contributed by atoms with Gasteiger partial charge in [-0.1, -0.05) is 164 Å². The summed E-state index contributed by atoms with van der Waals surface area (Å²) in [4.78, 5) is 10.4. The van der Waals surface area contributed by atoms with Gasteiger partial charge in [0.15, 0.2) is 5.82 Å². The Morgan fingerprint density at radius 3 is 1.77 bits per heavy atom. The molecule has 0 N–H and O–H groups in total. The summed E-state index contributed by atoms with van der Waals surface area (Å²) < 4.78 is 2.65. The van der Waals surface area contributed by atoms with Crippen molar-refractivity contribution in [3.8, 4) is 67.3 Å². The highest BCUT2D eigenvalue weighted by Gasteiger charge is 2.40. The minimum absolute atomic E-state index is 0.292. The molecule has 268 valence electrons. The third-order valence-electron chi connectivity index (χ3n) is 11.8. The fourth-order valence-corrected chi connectivity index (χ4v) is 9.90. The molecule has 1 atom stereocenters. The van der Waals surface area contributed by atoms with Crippen molar-refractivity contribution < 1.29 is 0 Å². The average molecular weight is 745 g/mol. The first-order valence-electron chi connectivity index (χ1n) is 19.5. The molecule has 1 unspecified atom stereocenters. The van der Waals surface area contributed by atoms with E-state index in [-0.39, 0.29) is 5.41 Å². The van der Waals surface area contributed by atoms with Crippen LogP contribution >= 0.6 is 11.3 Å². The molecule has 11 rings (SSSR count). The Labute approximate surface area is 336 Å². The molecule has 10 aromatic rings. The predicted octanol–water partition coefficient (Wildman–Crippen LogP) is 14.5. The van der Waals surface area contributed by atoms with Crippen LogP contribution in [0.5, 0.6) is 0 Å². The van der Waals surface area contributed by atoms with Crippen molar-refractivity contribution in [1.82, 2.24) is 9.97 Å². The van der Waals surface area contributed by atoms with E-state index >= 15 is 0 Å². The largest absolute Gasteiger partial charge is 0.228 e. The van der Waals surface area contributed by atoms with E-state index in [0.29, 0.717) is 5.82 Å². The highest BCUT2D eigenvalue weighted by Crippen LogP contribution is 2.53. The van der Waals surface area contributed by atoms with Crippen molar-refractivity contribution in [2.45, 2.75) is 12.3 Å². The summed E-state index contributed by atoms with van der Waals surface area (Å²) >= 11 is 1.86. The summed E-state index contributed by atoms with van der Waals surface area (Å²) in [7, 11) is 0. The van der Waals surface area contributed by atoms with E-state index in [9.17, 15) is 0 Å². The Bertz CT molecular complexity index is 3130. The van der Waals surface area contributed by atoms with E-state index in [1.54, 1.807) is 0 Å². The van der Waals surface area contributed by atoms with Gasteiger partial charge in [0, 0.05) is 42.3 Å². The summed E-state index contributed by atoms with van der Waals surface area (Å²) in [6.07, 6.45) is 0. The molecule has 0 saturated carbocycles. The molecule has 1 aliphatic carbocycles. The van der Waals surface area contributed by atoms with E-state index in [1.165, 1.54) is 70.2 Å². The first kappa shape index (κ1) is 33.4. The quantitative estimate of drug-likeness (QED) is 0.169. The fourth-order valence-electron chi connectivity index (χ4n) is 8.81. The molecule has 0 spiro atoms. The number of nitrogens with zero attached hydrogens (tertiary/aromatic N) is 2. The lowest BCUT2D eigenvalue weighted by Crippen LogP contribution is -2.22. The summed E-state index contributed by atoms with van der Waals surface area (Å²) in [5.41, 5.74) is 15.9. The molecule has 0 bridgehead atoms. The average Bonchev–Trinajstić information content (AvgIpc) is 3.79. The minimum Gasteiger partial charge on any atom is -0.228 e. The Kier molecular flexibility index (Phi) is 7.84. The van der Waals surface area contributed by atoms with Gasteiger partial charge in [0.2, 0.25) is 0 Å². The van der Waals surface area contributed by atoms with E-state index < -0.39 is 0 Å². The van der Waals surface area contributed by atoms with E-state index in [1.807, 2.05) is 29.5 Å². The molecule has 1 aliphatic rings. The first-order valence-corrected chi connectivity index (χ1v) is 20.3. The third kappa shape index (κ3) is 5.62. The Morgan fingerprint density at radius 2 is 0.947 bits per heavy atom. The monoisotopic (exact) mass is 744 g/mol. The van der Waals surface area contributed by atoms with Crippen LogP contribution in [0.1, 0.15) is 23.6 Å². The maximum atomic E-state index is 5.22. The van der Waals surface area contributed by atoms with Gasteiger partial charge in [-0.05, 0) is 93.4 Å². The van der Waals surface area contributed by atoms with Crippen LogP contribution in [0.4, 0.5) is 0 Å². The second-order valence-electron chi connectivity index (χ2n) is 15.1. The number of hydrogen-bond acceptors (Lipinski definition) is 3. The highest BCUT2D eigenvalue weighted by atomic mass is 32.1. The van der Waals surface area contributed by atoms with E-state index in [0.717, 1.165) is 28.1 Å². The van der Waals surface area contributed by atoms with Gasteiger partial charge in [0.25, 0.3) is 0 Å². The standard InChI is InChI=1S/C54H36N2S/c1-54(42-17-6-3-7-18-42)47-21-10-8-19-43(47)44-29-27-41(33-48(44)54)50-34-49(55-53(56-50)37-13-4-2-5-14-37)36-25-23-35(24-26-36)38-15-12-16-39(31-38)40-28-30-52-46(32-40)45-20-9-11-22-51(45)57-52/h2-34H,1H3. The van der Waals surface area contributed by atoms with Gasteiger partial charge in [-0.2, -0.15) is 0 Å².